The van der Waals surface area contributed by atoms with Gasteiger partial charge in [-0.3, -0.25) is 14.4 Å². The third kappa shape index (κ3) is 5.60. The summed E-state index contributed by atoms with van der Waals surface area (Å²) >= 11 is 0. The summed E-state index contributed by atoms with van der Waals surface area (Å²) in [5.41, 5.74) is 0.581. The minimum absolute atomic E-state index is 0.0111. The molecule has 0 aliphatic heterocycles. The van der Waals surface area contributed by atoms with Crippen LogP contribution in [0.3, 0.4) is 0 Å². The molecule has 1 rings (SSSR count). The van der Waals surface area contributed by atoms with E-state index < -0.39 is 30.1 Å². The summed E-state index contributed by atoms with van der Waals surface area (Å²) in [6, 6.07) is 5.46. The van der Waals surface area contributed by atoms with Gasteiger partial charge in [0.2, 0.25) is 5.78 Å². The molecule has 1 aromatic carbocycles. The van der Waals surface area contributed by atoms with Gasteiger partial charge >= 0.3 is 12.1 Å². The molecule has 7 heteroatoms. The van der Waals surface area contributed by atoms with E-state index in [-0.39, 0.29) is 12.0 Å². The van der Waals surface area contributed by atoms with Crippen LogP contribution in [0, 0.1) is 0 Å². The van der Waals surface area contributed by atoms with Crippen LogP contribution in [0.15, 0.2) is 30.3 Å². The number of carbonyl (C=O) groups is 3. The van der Waals surface area contributed by atoms with Gasteiger partial charge in [-0.05, 0) is 5.56 Å². The van der Waals surface area contributed by atoms with Crippen molar-refractivity contribution in [1.29, 1.82) is 0 Å². The smallest absolute Gasteiger partial charge is 0.450 e. The molecule has 1 aromatic rings. The van der Waals surface area contributed by atoms with Crippen LogP contribution in [-0.4, -0.2) is 28.8 Å². The molecule has 0 aromatic heterocycles. The zero-order valence-electron chi connectivity index (χ0n) is 10.7. The number of aliphatic carboxylic acids is 1. The van der Waals surface area contributed by atoms with Crippen molar-refractivity contribution in [2.75, 3.05) is 0 Å². The van der Waals surface area contributed by atoms with Crippen molar-refractivity contribution < 1.29 is 32.7 Å². The molecule has 0 heterocycles. The Kier molecular flexibility index (Phi) is 5.40. The first-order chi connectivity index (χ1) is 9.70. The number of halogens is 3. The van der Waals surface area contributed by atoms with Crippen molar-refractivity contribution in [3.8, 4) is 0 Å². The predicted octanol–water partition coefficient (Wildman–Crippen LogP) is 2.88. The van der Waals surface area contributed by atoms with Gasteiger partial charge in [-0.2, -0.15) is 13.2 Å². The molecule has 0 aliphatic carbocycles. The van der Waals surface area contributed by atoms with Gasteiger partial charge in [0.15, 0.2) is 5.78 Å². The predicted molar refractivity (Wildman–Crippen MR) is 67.7 cm³/mol. The van der Waals surface area contributed by atoms with E-state index >= 15 is 0 Å². The maximum absolute atomic E-state index is 12.0. The van der Waals surface area contributed by atoms with Crippen molar-refractivity contribution in [3.05, 3.63) is 41.5 Å². The van der Waals surface area contributed by atoms with E-state index in [1.54, 1.807) is 0 Å². The first kappa shape index (κ1) is 16.6. The van der Waals surface area contributed by atoms with Crippen LogP contribution < -0.4 is 0 Å². The number of alkyl halides is 3. The van der Waals surface area contributed by atoms with Gasteiger partial charge in [0, 0.05) is 5.56 Å². The lowest BCUT2D eigenvalue weighted by Gasteiger charge is -2.04. The van der Waals surface area contributed by atoms with Crippen molar-refractivity contribution in [2.45, 2.75) is 19.0 Å². The van der Waals surface area contributed by atoms with E-state index in [1.165, 1.54) is 36.4 Å². The molecule has 0 amide bonds. The van der Waals surface area contributed by atoms with Crippen LogP contribution in [0.1, 0.15) is 28.8 Å². The summed E-state index contributed by atoms with van der Waals surface area (Å²) in [4.78, 5) is 32.5. The fraction of sp³-hybridized carbons (Fsp3) is 0.214. The molecular weight excluding hydrogens is 289 g/mol. The third-order valence-electron chi connectivity index (χ3n) is 2.47. The molecule has 21 heavy (non-hydrogen) atoms. The van der Waals surface area contributed by atoms with Crippen molar-refractivity contribution in [3.63, 3.8) is 0 Å². The number of rotatable bonds is 6. The van der Waals surface area contributed by atoms with Crippen LogP contribution >= 0.6 is 0 Å². The lowest BCUT2D eigenvalue weighted by atomic mass is 10.0. The molecule has 0 fully saturated rings. The van der Waals surface area contributed by atoms with Crippen LogP contribution in [0.2, 0.25) is 0 Å². The Bertz CT molecular complexity index is 571. The highest BCUT2D eigenvalue weighted by Crippen LogP contribution is 2.19. The fourth-order valence-corrected chi connectivity index (χ4v) is 1.42. The number of carbonyl (C=O) groups excluding carboxylic acids is 2. The molecule has 1 N–H and O–H groups in total. The summed E-state index contributed by atoms with van der Waals surface area (Å²) < 4.78 is 36.1. The Morgan fingerprint density at radius 2 is 1.67 bits per heavy atom. The van der Waals surface area contributed by atoms with Gasteiger partial charge in [-0.15, -0.1) is 0 Å². The number of carboxylic acids is 1. The van der Waals surface area contributed by atoms with E-state index in [9.17, 15) is 27.6 Å². The molecule has 4 nitrogen and oxygen atoms in total. The molecule has 0 bridgehead atoms. The largest absolute Gasteiger partial charge is 0.481 e. The minimum Gasteiger partial charge on any atom is -0.481 e. The topological polar surface area (TPSA) is 71.4 Å². The van der Waals surface area contributed by atoms with Crippen LogP contribution in [-0.2, 0) is 9.59 Å². The zero-order chi connectivity index (χ0) is 16.0. The maximum Gasteiger partial charge on any atom is 0.450 e. The van der Waals surface area contributed by atoms with Gasteiger partial charge in [-0.25, -0.2) is 0 Å². The quantitative estimate of drug-likeness (QED) is 0.647. The zero-order valence-corrected chi connectivity index (χ0v) is 10.7. The maximum atomic E-state index is 12.0. The van der Waals surface area contributed by atoms with Gasteiger partial charge in [0.1, 0.15) is 0 Å². The van der Waals surface area contributed by atoms with Crippen LogP contribution in [0.25, 0.3) is 6.08 Å². The first-order valence-electron chi connectivity index (χ1n) is 5.82. The highest BCUT2D eigenvalue weighted by Gasteiger charge is 2.39. The second kappa shape index (κ2) is 6.83. The van der Waals surface area contributed by atoms with E-state index in [1.807, 2.05) is 0 Å². The summed E-state index contributed by atoms with van der Waals surface area (Å²) in [6.45, 7) is 0. The van der Waals surface area contributed by atoms with Crippen molar-refractivity contribution >= 4 is 23.6 Å². The molecule has 0 atom stereocenters. The molecule has 112 valence electrons. The molecular formula is C14H11F3O4. The van der Waals surface area contributed by atoms with Gasteiger partial charge in [0.05, 0.1) is 12.8 Å². The van der Waals surface area contributed by atoms with Gasteiger partial charge in [0.25, 0.3) is 0 Å². The fourth-order valence-electron chi connectivity index (χ4n) is 1.42. The Balaban J connectivity index is 2.70. The molecule has 0 unspecified atom stereocenters. The Labute approximate surface area is 117 Å². The van der Waals surface area contributed by atoms with Crippen LogP contribution in [0.4, 0.5) is 13.2 Å². The number of Topliss-reactive ketones (excluding diaryl/α,β-unsaturated/α-hetero) is 2. The number of ketones is 2. The van der Waals surface area contributed by atoms with Gasteiger partial charge in [-0.1, -0.05) is 36.4 Å². The standard InChI is InChI=1S/C14H11F3O4/c15-14(16,17)12(19)8-11(18)10-6-4-9(5-7-10)2-1-3-13(20)21/h1-2,4-7H,3,8H2,(H,20,21). The van der Waals surface area contributed by atoms with E-state index in [0.717, 1.165) is 0 Å². The van der Waals surface area contributed by atoms with E-state index in [0.29, 0.717) is 5.56 Å². The number of carboxylic acid groups (broad SMARTS) is 1. The Morgan fingerprint density at radius 3 is 2.14 bits per heavy atom. The summed E-state index contributed by atoms with van der Waals surface area (Å²) in [5.74, 6) is -4.00. The van der Waals surface area contributed by atoms with Crippen molar-refractivity contribution in [2.24, 2.45) is 0 Å². The summed E-state index contributed by atoms with van der Waals surface area (Å²) in [5, 5.41) is 8.44. The Hall–Kier alpha value is -2.44. The molecule has 0 aliphatic rings. The number of benzene rings is 1. The second-order valence-corrected chi connectivity index (χ2v) is 4.14. The summed E-state index contributed by atoms with van der Waals surface area (Å²) in [6.07, 6.45) is -3.51. The van der Waals surface area contributed by atoms with Crippen LogP contribution in [0.5, 0.6) is 0 Å². The average molecular weight is 300 g/mol. The molecule has 0 saturated heterocycles. The highest BCUT2D eigenvalue weighted by molar-refractivity contribution is 6.09. The first-order valence-corrected chi connectivity index (χ1v) is 5.82. The lowest BCUT2D eigenvalue weighted by molar-refractivity contribution is -0.170. The van der Waals surface area contributed by atoms with E-state index in [2.05, 4.69) is 0 Å². The van der Waals surface area contributed by atoms with E-state index in [4.69, 9.17) is 5.11 Å². The SMILES string of the molecule is O=C(O)CC=Cc1ccc(C(=O)CC(=O)C(F)(F)F)cc1. The monoisotopic (exact) mass is 300 g/mol. The minimum atomic E-state index is -5.02. The van der Waals surface area contributed by atoms with Crippen molar-refractivity contribution in [1.82, 2.24) is 0 Å². The van der Waals surface area contributed by atoms with Gasteiger partial charge < -0.3 is 5.11 Å². The third-order valence-corrected chi connectivity index (χ3v) is 2.47. The average Bonchev–Trinajstić information content (AvgIpc) is 2.37. The Morgan fingerprint density at radius 1 is 1.10 bits per heavy atom. The second-order valence-electron chi connectivity index (χ2n) is 4.14. The molecule has 0 spiro atoms. The highest BCUT2D eigenvalue weighted by atomic mass is 19.4. The number of hydrogen-bond acceptors (Lipinski definition) is 3. The summed E-state index contributed by atoms with van der Waals surface area (Å²) in [7, 11) is 0. The lowest BCUT2D eigenvalue weighted by Crippen LogP contribution is -2.25. The number of hydrogen-bond donors (Lipinski definition) is 1. The molecule has 0 saturated carbocycles. The normalized spacial score (nSPS) is 11.6. The molecule has 0 radical (unpaired) electrons.